The Bertz CT molecular complexity index is 412. The average Bonchev–Trinajstić information content (AvgIpc) is 2.39. The summed E-state index contributed by atoms with van der Waals surface area (Å²) < 4.78 is 5.40. The summed E-state index contributed by atoms with van der Waals surface area (Å²) in [4.78, 5) is 18.0. The van der Waals surface area contributed by atoms with Crippen LogP contribution in [0.3, 0.4) is 0 Å². The molecular weight excluding hydrogens is 228 g/mol. The molecule has 0 N–H and O–H groups in total. The Balaban J connectivity index is 2.00. The van der Waals surface area contributed by atoms with E-state index in [0.29, 0.717) is 18.3 Å². The highest BCUT2D eigenvalue weighted by Gasteiger charge is 2.23. The lowest BCUT2D eigenvalue weighted by molar-refractivity contribution is -0.121. The highest BCUT2D eigenvalue weighted by molar-refractivity contribution is 5.78. The van der Waals surface area contributed by atoms with Crippen molar-refractivity contribution in [3.63, 3.8) is 0 Å². The Labute approximate surface area is 108 Å². The largest absolute Gasteiger partial charge is 0.478 e. The quantitative estimate of drug-likeness (QED) is 0.820. The number of carbonyl (C=O) groups excluding carboxylic acids is 1. The molecule has 2 heterocycles. The zero-order chi connectivity index (χ0) is 13.0. The second-order valence-electron chi connectivity index (χ2n) is 4.64. The van der Waals surface area contributed by atoms with E-state index < -0.39 is 0 Å². The number of ether oxygens (including phenoxy) is 1. The number of aromatic nitrogens is 1. The van der Waals surface area contributed by atoms with Crippen LogP contribution in [0.4, 0.5) is 5.82 Å². The van der Waals surface area contributed by atoms with Crippen molar-refractivity contribution in [2.75, 3.05) is 24.6 Å². The third-order valence-corrected chi connectivity index (χ3v) is 3.39. The van der Waals surface area contributed by atoms with Crippen LogP contribution < -0.4 is 9.64 Å². The van der Waals surface area contributed by atoms with E-state index in [9.17, 15) is 4.79 Å². The van der Waals surface area contributed by atoms with Gasteiger partial charge in [-0.25, -0.2) is 0 Å². The number of hydrogen-bond acceptors (Lipinski definition) is 4. The van der Waals surface area contributed by atoms with Gasteiger partial charge >= 0.3 is 0 Å². The second-order valence-corrected chi connectivity index (χ2v) is 4.64. The molecule has 0 amide bonds. The number of Topliss-reactive ketones (excluding diaryl/α,β-unsaturated/α-hetero) is 1. The molecule has 1 fully saturated rings. The van der Waals surface area contributed by atoms with Gasteiger partial charge in [0.15, 0.2) is 0 Å². The lowest BCUT2D eigenvalue weighted by Crippen LogP contribution is -2.36. The van der Waals surface area contributed by atoms with E-state index in [1.54, 1.807) is 6.92 Å². The number of anilines is 1. The highest BCUT2D eigenvalue weighted by Crippen LogP contribution is 2.23. The first-order valence-corrected chi connectivity index (χ1v) is 6.56. The smallest absolute Gasteiger partial charge is 0.215 e. The van der Waals surface area contributed by atoms with Crippen molar-refractivity contribution in [2.24, 2.45) is 5.92 Å². The van der Waals surface area contributed by atoms with Crippen LogP contribution in [-0.2, 0) is 4.79 Å². The minimum Gasteiger partial charge on any atom is -0.478 e. The fourth-order valence-corrected chi connectivity index (χ4v) is 2.32. The van der Waals surface area contributed by atoms with Gasteiger partial charge in [0.05, 0.1) is 6.61 Å². The Kier molecular flexibility index (Phi) is 4.18. The van der Waals surface area contributed by atoms with Gasteiger partial charge in [0.1, 0.15) is 11.6 Å². The summed E-state index contributed by atoms with van der Waals surface area (Å²) in [6.07, 6.45) is 1.85. The third-order valence-electron chi connectivity index (χ3n) is 3.39. The van der Waals surface area contributed by atoms with Crippen LogP contribution in [0, 0.1) is 5.92 Å². The zero-order valence-electron chi connectivity index (χ0n) is 11.1. The highest BCUT2D eigenvalue weighted by atomic mass is 16.5. The maximum atomic E-state index is 11.3. The molecule has 1 aliphatic heterocycles. The van der Waals surface area contributed by atoms with Crippen molar-refractivity contribution < 1.29 is 9.53 Å². The Morgan fingerprint density at radius 3 is 2.78 bits per heavy atom. The molecule has 2 rings (SSSR count). The molecule has 0 spiro atoms. The van der Waals surface area contributed by atoms with Gasteiger partial charge in [-0.15, -0.1) is 0 Å². The summed E-state index contributed by atoms with van der Waals surface area (Å²) in [6.45, 7) is 6.06. The number of rotatable bonds is 4. The number of ketones is 1. The predicted octanol–water partition coefficient (Wildman–Crippen LogP) is 2.29. The first-order chi connectivity index (χ1) is 8.70. The molecule has 1 aliphatic rings. The molecule has 0 unspecified atom stereocenters. The normalized spacial score (nSPS) is 16.7. The molecule has 4 heteroatoms. The van der Waals surface area contributed by atoms with Crippen LogP contribution in [0.25, 0.3) is 0 Å². The summed E-state index contributed by atoms with van der Waals surface area (Å²) in [6, 6.07) is 5.83. The Morgan fingerprint density at radius 2 is 2.17 bits per heavy atom. The van der Waals surface area contributed by atoms with E-state index in [0.717, 1.165) is 31.7 Å². The van der Waals surface area contributed by atoms with Gasteiger partial charge in [-0.05, 0) is 32.8 Å². The summed E-state index contributed by atoms with van der Waals surface area (Å²) in [5.74, 6) is 2.16. The van der Waals surface area contributed by atoms with Crippen molar-refractivity contribution >= 4 is 11.6 Å². The number of pyridine rings is 1. The topological polar surface area (TPSA) is 42.4 Å². The van der Waals surface area contributed by atoms with Crippen LogP contribution in [0.2, 0.25) is 0 Å². The number of piperidine rings is 1. The van der Waals surface area contributed by atoms with Gasteiger partial charge in [0.2, 0.25) is 5.88 Å². The van der Waals surface area contributed by atoms with Crippen LogP contribution in [0.1, 0.15) is 26.7 Å². The zero-order valence-corrected chi connectivity index (χ0v) is 11.1. The summed E-state index contributed by atoms with van der Waals surface area (Å²) in [7, 11) is 0. The predicted molar refractivity (Wildman–Crippen MR) is 71.0 cm³/mol. The van der Waals surface area contributed by atoms with Crippen LogP contribution in [0.5, 0.6) is 5.88 Å². The summed E-state index contributed by atoms with van der Waals surface area (Å²) in [5, 5.41) is 0. The van der Waals surface area contributed by atoms with Gasteiger partial charge in [0, 0.05) is 25.1 Å². The fourth-order valence-electron chi connectivity index (χ4n) is 2.32. The van der Waals surface area contributed by atoms with E-state index in [1.165, 1.54) is 0 Å². The Morgan fingerprint density at radius 1 is 1.44 bits per heavy atom. The van der Waals surface area contributed by atoms with Gasteiger partial charge in [-0.3, -0.25) is 4.79 Å². The lowest BCUT2D eigenvalue weighted by atomic mass is 9.93. The molecule has 1 aromatic heterocycles. The van der Waals surface area contributed by atoms with E-state index >= 15 is 0 Å². The molecular formula is C14H20N2O2. The Hall–Kier alpha value is -1.58. The van der Waals surface area contributed by atoms with Gasteiger partial charge in [-0.1, -0.05) is 6.07 Å². The minimum absolute atomic E-state index is 0.233. The van der Waals surface area contributed by atoms with Crippen LogP contribution in [0.15, 0.2) is 18.2 Å². The first kappa shape index (κ1) is 12.9. The van der Waals surface area contributed by atoms with Gasteiger partial charge < -0.3 is 9.64 Å². The molecule has 18 heavy (non-hydrogen) atoms. The standard InChI is InChI=1S/C14H20N2O2/c1-3-18-14-6-4-5-13(15-14)16-9-7-12(8-10-16)11(2)17/h4-6,12H,3,7-10H2,1-2H3. The number of hydrogen-bond donors (Lipinski definition) is 0. The number of nitrogens with zero attached hydrogens (tertiary/aromatic N) is 2. The molecule has 1 saturated heterocycles. The van der Waals surface area contributed by atoms with E-state index in [-0.39, 0.29) is 5.92 Å². The van der Waals surface area contributed by atoms with E-state index in [1.807, 2.05) is 25.1 Å². The van der Waals surface area contributed by atoms with Crippen molar-refractivity contribution in [2.45, 2.75) is 26.7 Å². The molecule has 98 valence electrons. The van der Waals surface area contributed by atoms with Crippen molar-refractivity contribution in [1.29, 1.82) is 0 Å². The van der Waals surface area contributed by atoms with Gasteiger partial charge in [0.25, 0.3) is 0 Å². The SMILES string of the molecule is CCOc1cccc(N2CCC(C(C)=O)CC2)n1. The van der Waals surface area contributed by atoms with E-state index in [2.05, 4.69) is 9.88 Å². The van der Waals surface area contributed by atoms with Crippen molar-refractivity contribution in [3.8, 4) is 5.88 Å². The summed E-state index contributed by atoms with van der Waals surface area (Å²) >= 11 is 0. The monoisotopic (exact) mass is 248 g/mol. The van der Waals surface area contributed by atoms with Crippen LogP contribution >= 0.6 is 0 Å². The molecule has 1 aromatic rings. The third kappa shape index (κ3) is 3.00. The second kappa shape index (κ2) is 5.85. The average molecular weight is 248 g/mol. The van der Waals surface area contributed by atoms with Crippen LogP contribution in [-0.4, -0.2) is 30.5 Å². The molecule has 0 atom stereocenters. The maximum absolute atomic E-state index is 11.3. The molecule has 0 radical (unpaired) electrons. The fraction of sp³-hybridized carbons (Fsp3) is 0.571. The van der Waals surface area contributed by atoms with Crippen molar-refractivity contribution in [1.82, 2.24) is 4.98 Å². The summed E-state index contributed by atoms with van der Waals surface area (Å²) in [5.41, 5.74) is 0. The lowest BCUT2D eigenvalue weighted by Gasteiger charge is -2.31. The number of carbonyl (C=O) groups is 1. The van der Waals surface area contributed by atoms with E-state index in [4.69, 9.17) is 4.74 Å². The molecule has 0 saturated carbocycles. The molecule has 0 bridgehead atoms. The molecule has 0 aliphatic carbocycles. The van der Waals surface area contributed by atoms with Gasteiger partial charge in [-0.2, -0.15) is 4.98 Å². The minimum atomic E-state index is 0.233. The first-order valence-electron chi connectivity index (χ1n) is 6.56. The maximum Gasteiger partial charge on any atom is 0.215 e. The van der Waals surface area contributed by atoms with Crippen molar-refractivity contribution in [3.05, 3.63) is 18.2 Å². The molecule has 0 aromatic carbocycles. The molecule has 4 nitrogen and oxygen atoms in total.